The van der Waals surface area contributed by atoms with Crippen LogP contribution in [-0.4, -0.2) is 13.2 Å². The molecule has 0 aromatic heterocycles. The van der Waals surface area contributed by atoms with Crippen LogP contribution in [0, 0.1) is 34.5 Å². The van der Waals surface area contributed by atoms with Gasteiger partial charge in [0.15, 0.2) is 0 Å². The van der Waals surface area contributed by atoms with Crippen molar-refractivity contribution in [2.45, 2.75) is 114 Å². The van der Waals surface area contributed by atoms with Crippen LogP contribution in [-0.2, 0) is 46.4 Å². The Hall–Kier alpha value is -1.64. The monoisotopic (exact) mass is 534 g/mol. The Morgan fingerprint density at radius 1 is 0.525 bits per heavy atom. The molecule has 0 N–H and O–H groups in total. The summed E-state index contributed by atoms with van der Waals surface area (Å²) in [5.41, 5.74) is 12.0. The summed E-state index contributed by atoms with van der Waals surface area (Å²) in [5, 5.41) is 0. The van der Waals surface area contributed by atoms with Crippen molar-refractivity contribution in [2.75, 3.05) is 13.2 Å². The third-order valence-corrected chi connectivity index (χ3v) is 14.4. The van der Waals surface area contributed by atoms with E-state index in [0.717, 1.165) is 62.9 Å². The van der Waals surface area contributed by atoms with Crippen LogP contribution in [0.25, 0.3) is 0 Å². The van der Waals surface area contributed by atoms with E-state index in [4.69, 9.17) is 9.47 Å². The highest BCUT2D eigenvalue weighted by Crippen LogP contribution is 2.79. The van der Waals surface area contributed by atoms with Crippen molar-refractivity contribution < 1.29 is 9.47 Å². The molecule has 12 rings (SSSR count). The molecule has 0 amide bonds. The third-order valence-electron chi connectivity index (χ3n) is 14.4. The maximum atomic E-state index is 5.94. The van der Waals surface area contributed by atoms with Gasteiger partial charge < -0.3 is 9.47 Å². The summed E-state index contributed by atoms with van der Waals surface area (Å²) in [4.78, 5) is 0. The van der Waals surface area contributed by atoms with Crippen molar-refractivity contribution in [3.05, 3.63) is 69.8 Å². The molecule has 8 aliphatic carbocycles. The Labute approximate surface area is 240 Å². The molecule has 2 heteroatoms. The second kappa shape index (κ2) is 8.04. The van der Waals surface area contributed by atoms with E-state index in [1.807, 2.05) is 0 Å². The highest BCUT2D eigenvalue weighted by Gasteiger charge is 2.70. The molecule has 2 heterocycles. The van der Waals surface area contributed by atoms with E-state index in [1.165, 1.54) is 62.5 Å². The Morgan fingerprint density at radius 2 is 0.950 bits per heavy atom. The van der Waals surface area contributed by atoms with E-state index in [2.05, 4.69) is 36.4 Å². The summed E-state index contributed by atoms with van der Waals surface area (Å²) in [6, 6.07) is 14.7. The lowest BCUT2D eigenvalue weighted by atomic mass is 9.30. The Morgan fingerprint density at radius 3 is 1.38 bits per heavy atom. The molecular formula is C38H46O2. The molecule has 2 aromatic carbocycles. The van der Waals surface area contributed by atoms with E-state index in [-0.39, 0.29) is 0 Å². The van der Waals surface area contributed by atoms with Gasteiger partial charge in [-0.3, -0.25) is 0 Å². The van der Waals surface area contributed by atoms with Crippen LogP contribution in [0.1, 0.15) is 110 Å². The summed E-state index contributed by atoms with van der Waals surface area (Å²) in [5.74, 6) is 3.84. The quantitative estimate of drug-likeness (QED) is 0.395. The fourth-order valence-electron chi connectivity index (χ4n) is 14.2. The van der Waals surface area contributed by atoms with Crippen molar-refractivity contribution in [1.29, 1.82) is 0 Å². The first kappa shape index (κ1) is 23.9. The molecule has 8 fully saturated rings. The van der Waals surface area contributed by atoms with Gasteiger partial charge in [0.05, 0.1) is 26.4 Å². The average molecular weight is 535 g/mol. The molecule has 4 unspecified atom stereocenters. The van der Waals surface area contributed by atoms with Gasteiger partial charge in [-0.05, 0) is 169 Å². The normalized spacial score (nSPS) is 45.9. The number of hydrogen-bond donors (Lipinski definition) is 0. The molecule has 2 nitrogen and oxygen atoms in total. The molecule has 2 aromatic rings. The van der Waals surface area contributed by atoms with E-state index in [1.54, 1.807) is 47.9 Å². The number of fused-ring (bicyclic) bond motifs is 2. The van der Waals surface area contributed by atoms with Crippen molar-refractivity contribution in [3.63, 3.8) is 0 Å². The predicted molar refractivity (Wildman–Crippen MR) is 157 cm³/mol. The molecule has 8 saturated carbocycles. The lowest BCUT2D eigenvalue weighted by Crippen LogP contribution is -2.66. The van der Waals surface area contributed by atoms with Crippen LogP contribution in [0.5, 0.6) is 0 Å². The summed E-state index contributed by atoms with van der Waals surface area (Å²) in [6.07, 6.45) is 20.5. The summed E-state index contributed by atoms with van der Waals surface area (Å²) in [6.45, 7) is 3.50. The van der Waals surface area contributed by atoms with Gasteiger partial charge in [0, 0.05) is 0 Å². The molecule has 10 aliphatic rings. The van der Waals surface area contributed by atoms with Gasteiger partial charge in [-0.25, -0.2) is 0 Å². The average Bonchev–Trinajstić information content (AvgIpc) is 2.95. The molecule has 0 spiro atoms. The van der Waals surface area contributed by atoms with E-state index >= 15 is 0 Å². The van der Waals surface area contributed by atoms with Gasteiger partial charge in [0.2, 0.25) is 0 Å². The van der Waals surface area contributed by atoms with Crippen LogP contribution < -0.4 is 0 Å². The molecule has 0 saturated heterocycles. The maximum Gasteiger partial charge on any atom is 0.0719 e. The van der Waals surface area contributed by atoms with Gasteiger partial charge in [0.25, 0.3) is 0 Å². The second-order valence-corrected chi connectivity index (χ2v) is 16.5. The molecule has 4 atom stereocenters. The first-order chi connectivity index (χ1) is 19.6. The molecule has 40 heavy (non-hydrogen) atoms. The third kappa shape index (κ3) is 3.09. The van der Waals surface area contributed by atoms with E-state index < -0.39 is 0 Å². The number of rotatable bonds is 3. The van der Waals surface area contributed by atoms with Gasteiger partial charge in [-0.2, -0.15) is 0 Å². The smallest absolute Gasteiger partial charge is 0.0719 e. The zero-order chi connectivity index (χ0) is 26.2. The fourth-order valence-corrected chi connectivity index (χ4v) is 14.2. The summed E-state index contributed by atoms with van der Waals surface area (Å²) >= 11 is 0. The Balaban J connectivity index is 1.10. The molecule has 210 valence electrons. The van der Waals surface area contributed by atoms with Crippen LogP contribution in [0.3, 0.4) is 0 Å². The number of ether oxygens (including phenoxy) is 2. The summed E-state index contributed by atoms with van der Waals surface area (Å²) < 4.78 is 11.9. The molecule has 0 radical (unpaired) electrons. The van der Waals surface area contributed by atoms with Gasteiger partial charge in [-0.15, -0.1) is 0 Å². The van der Waals surface area contributed by atoms with E-state index in [9.17, 15) is 0 Å². The lowest BCUT2D eigenvalue weighted by Gasteiger charge is -2.74. The van der Waals surface area contributed by atoms with Gasteiger partial charge >= 0.3 is 0 Å². The number of hydrogen-bond acceptors (Lipinski definition) is 2. The highest BCUT2D eigenvalue weighted by molar-refractivity contribution is 5.46. The standard InChI is InChI=1S/C38H46O2/c1-3-29-21-39-9-7-31(29)33(5-1)35-13-25-11-26(14-35)18-37(17-25,23-35)38-19-27-12-28(20-38)16-36(15-27,24-38)34-6-2-4-30-22-40-10-8-32(30)34/h1-6,25-28H,7-24H2. The summed E-state index contributed by atoms with van der Waals surface area (Å²) in [7, 11) is 0. The van der Waals surface area contributed by atoms with E-state index in [0.29, 0.717) is 21.7 Å². The number of benzene rings is 2. The lowest BCUT2D eigenvalue weighted by molar-refractivity contribution is -0.212. The largest absolute Gasteiger partial charge is 0.376 e. The zero-order valence-electron chi connectivity index (χ0n) is 24.3. The van der Waals surface area contributed by atoms with Gasteiger partial charge in [0.1, 0.15) is 0 Å². The molecule has 2 aliphatic heterocycles. The predicted octanol–water partition coefficient (Wildman–Crippen LogP) is 8.21. The van der Waals surface area contributed by atoms with Crippen LogP contribution >= 0.6 is 0 Å². The topological polar surface area (TPSA) is 18.5 Å². The minimum absolute atomic E-state index is 0.437. The van der Waals surface area contributed by atoms with Crippen molar-refractivity contribution >= 4 is 0 Å². The van der Waals surface area contributed by atoms with Crippen LogP contribution in [0.15, 0.2) is 36.4 Å². The van der Waals surface area contributed by atoms with Gasteiger partial charge in [-0.1, -0.05) is 36.4 Å². The van der Waals surface area contributed by atoms with Crippen molar-refractivity contribution in [1.82, 2.24) is 0 Å². The Bertz CT molecular complexity index is 1250. The maximum absolute atomic E-state index is 5.94. The SMILES string of the molecule is c1cc2c(c(C34CC5CC(C3)CC(C36CC7CC(CC(c8cccc9c8CCOC9)(C7)C3)C6)(C5)C4)c1)CCOC2. The highest BCUT2D eigenvalue weighted by atomic mass is 16.5. The second-order valence-electron chi connectivity index (χ2n) is 16.5. The first-order valence-electron chi connectivity index (χ1n) is 16.9. The zero-order valence-corrected chi connectivity index (χ0v) is 24.3. The molecule has 8 bridgehead atoms. The van der Waals surface area contributed by atoms with Crippen LogP contribution in [0.4, 0.5) is 0 Å². The van der Waals surface area contributed by atoms with Crippen LogP contribution in [0.2, 0.25) is 0 Å². The minimum Gasteiger partial charge on any atom is -0.376 e. The Kier molecular flexibility index (Phi) is 4.80. The molecular weight excluding hydrogens is 488 g/mol. The first-order valence-corrected chi connectivity index (χ1v) is 16.9. The van der Waals surface area contributed by atoms with Crippen molar-refractivity contribution in [3.8, 4) is 0 Å². The fraction of sp³-hybridized carbons (Fsp3) is 0.684. The van der Waals surface area contributed by atoms with Crippen molar-refractivity contribution in [2.24, 2.45) is 34.5 Å². The minimum atomic E-state index is 0.437.